The molecule has 0 amide bonds. The van der Waals surface area contributed by atoms with Crippen molar-refractivity contribution in [3.05, 3.63) is 42.2 Å². The lowest BCUT2D eigenvalue weighted by molar-refractivity contribution is -0.140. The first kappa shape index (κ1) is 9.76. The molecule has 0 bridgehead atoms. The normalized spacial score (nSPS) is 11.7. The molecule has 2 rings (SSSR count). The molecule has 0 aliphatic rings. The molecule has 2 nitrogen and oxygen atoms in total. The molecule has 1 N–H and O–H groups in total. The van der Waals surface area contributed by atoms with E-state index in [2.05, 4.69) is 10.2 Å². The lowest BCUT2D eigenvalue weighted by Gasteiger charge is -2.05. The summed E-state index contributed by atoms with van der Waals surface area (Å²) in [4.78, 5) is 0. The van der Waals surface area contributed by atoms with Crippen LogP contribution in [0.15, 0.2) is 36.5 Å². The van der Waals surface area contributed by atoms with E-state index in [0.29, 0.717) is 5.56 Å². The van der Waals surface area contributed by atoms with Crippen molar-refractivity contribution >= 4 is 0 Å². The molecule has 0 fully saturated rings. The highest BCUT2D eigenvalue weighted by Gasteiger charge is 2.36. The standard InChI is InChI=1S/C10H7F3N2/c11-10(12,13)9-8(6-14-15-9)7-4-2-1-3-5-7/h1-6H,(H,14,15). The lowest BCUT2D eigenvalue weighted by Crippen LogP contribution is -2.07. The van der Waals surface area contributed by atoms with E-state index < -0.39 is 11.9 Å². The van der Waals surface area contributed by atoms with Crippen LogP contribution in [0.3, 0.4) is 0 Å². The molecule has 5 heteroatoms. The maximum Gasteiger partial charge on any atom is 0.435 e. The zero-order valence-electron chi connectivity index (χ0n) is 7.55. The molecule has 0 saturated carbocycles. The number of alkyl halides is 3. The molecule has 0 saturated heterocycles. The first-order chi connectivity index (χ1) is 7.09. The van der Waals surface area contributed by atoms with Crippen LogP contribution in [0.25, 0.3) is 11.1 Å². The fraction of sp³-hybridized carbons (Fsp3) is 0.100. The van der Waals surface area contributed by atoms with Gasteiger partial charge < -0.3 is 0 Å². The minimum atomic E-state index is -4.43. The molecular formula is C10H7F3N2. The van der Waals surface area contributed by atoms with Gasteiger partial charge >= 0.3 is 6.18 Å². The number of H-pyrrole nitrogens is 1. The van der Waals surface area contributed by atoms with Crippen molar-refractivity contribution in [1.82, 2.24) is 10.2 Å². The Morgan fingerprint density at radius 3 is 2.33 bits per heavy atom. The quantitative estimate of drug-likeness (QED) is 0.773. The summed E-state index contributed by atoms with van der Waals surface area (Å²) in [6.45, 7) is 0. The summed E-state index contributed by atoms with van der Waals surface area (Å²) in [5.41, 5.74) is -0.310. The van der Waals surface area contributed by atoms with Crippen LogP contribution in [0.4, 0.5) is 13.2 Å². The number of rotatable bonds is 1. The molecule has 0 unspecified atom stereocenters. The van der Waals surface area contributed by atoms with Crippen LogP contribution in [-0.2, 0) is 6.18 Å². The van der Waals surface area contributed by atoms with Crippen LogP contribution in [0, 0.1) is 0 Å². The third-order valence-electron chi connectivity index (χ3n) is 1.99. The highest BCUT2D eigenvalue weighted by Crippen LogP contribution is 2.34. The van der Waals surface area contributed by atoms with Gasteiger partial charge in [0.15, 0.2) is 5.69 Å². The van der Waals surface area contributed by atoms with Crippen molar-refractivity contribution in [2.75, 3.05) is 0 Å². The molecular weight excluding hydrogens is 205 g/mol. The van der Waals surface area contributed by atoms with E-state index in [4.69, 9.17) is 0 Å². The summed E-state index contributed by atoms with van der Waals surface area (Å²) >= 11 is 0. The minimum Gasteiger partial charge on any atom is -0.284 e. The Hall–Kier alpha value is -1.78. The van der Waals surface area contributed by atoms with Gasteiger partial charge in [-0.05, 0) is 5.56 Å². The van der Waals surface area contributed by atoms with E-state index in [0.717, 1.165) is 0 Å². The van der Waals surface area contributed by atoms with Crippen molar-refractivity contribution in [3.8, 4) is 11.1 Å². The fourth-order valence-corrected chi connectivity index (χ4v) is 1.34. The second kappa shape index (κ2) is 3.42. The topological polar surface area (TPSA) is 28.7 Å². The highest BCUT2D eigenvalue weighted by atomic mass is 19.4. The van der Waals surface area contributed by atoms with Crippen LogP contribution < -0.4 is 0 Å². The van der Waals surface area contributed by atoms with Gasteiger partial charge in [-0.15, -0.1) is 0 Å². The van der Waals surface area contributed by atoms with E-state index in [9.17, 15) is 13.2 Å². The van der Waals surface area contributed by atoms with Crippen LogP contribution >= 0.6 is 0 Å². The Kier molecular flexibility index (Phi) is 2.22. The van der Waals surface area contributed by atoms with E-state index in [1.807, 2.05) is 0 Å². The summed E-state index contributed by atoms with van der Waals surface area (Å²) in [6.07, 6.45) is -3.18. The number of aromatic nitrogens is 2. The van der Waals surface area contributed by atoms with E-state index in [1.54, 1.807) is 30.3 Å². The number of halogens is 3. The molecule has 0 aliphatic heterocycles. The first-order valence-corrected chi connectivity index (χ1v) is 4.25. The Balaban J connectivity index is 2.51. The molecule has 2 aromatic rings. The van der Waals surface area contributed by atoms with Gasteiger partial charge in [-0.1, -0.05) is 30.3 Å². The molecule has 78 valence electrons. The molecule has 1 aromatic heterocycles. The SMILES string of the molecule is FC(F)(F)c1n[nH]cc1-c1ccccc1. The number of nitrogens with one attached hydrogen (secondary N) is 1. The third-order valence-corrected chi connectivity index (χ3v) is 1.99. The van der Waals surface area contributed by atoms with E-state index in [1.165, 1.54) is 6.20 Å². The summed E-state index contributed by atoms with van der Waals surface area (Å²) in [5.74, 6) is 0. The number of hydrogen-bond donors (Lipinski definition) is 1. The lowest BCUT2D eigenvalue weighted by atomic mass is 10.1. The van der Waals surface area contributed by atoms with Crippen molar-refractivity contribution in [1.29, 1.82) is 0 Å². The van der Waals surface area contributed by atoms with Gasteiger partial charge in [0.2, 0.25) is 0 Å². The number of nitrogens with zero attached hydrogens (tertiary/aromatic N) is 1. The molecule has 0 radical (unpaired) electrons. The van der Waals surface area contributed by atoms with Gasteiger partial charge in [0.1, 0.15) is 0 Å². The Morgan fingerprint density at radius 1 is 1.07 bits per heavy atom. The summed E-state index contributed by atoms with van der Waals surface area (Å²) in [5, 5.41) is 5.45. The van der Waals surface area contributed by atoms with Gasteiger partial charge in [-0.3, -0.25) is 5.10 Å². The zero-order chi connectivity index (χ0) is 10.9. The zero-order valence-corrected chi connectivity index (χ0v) is 7.55. The maximum absolute atomic E-state index is 12.5. The Labute approximate surface area is 83.7 Å². The highest BCUT2D eigenvalue weighted by molar-refractivity contribution is 5.65. The minimum absolute atomic E-state index is 0.0723. The van der Waals surface area contributed by atoms with E-state index >= 15 is 0 Å². The van der Waals surface area contributed by atoms with Crippen LogP contribution in [0.5, 0.6) is 0 Å². The molecule has 15 heavy (non-hydrogen) atoms. The predicted octanol–water partition coefficient (Wildman–Crippen LogP) is 3.10. The number of hydrogen-bond acceptors (Lipinski definition) is 1. The molecule has 1 aromatic carbocycles. The van der Waals surface area contributed by atoms with Crippen molar-refractivity contribution in [2.24, 2.45) is 0 Å². The first-order valence-electron chi connectivity index (χ1n) is 4.25. The summed E-state index contributed by atoms with van der Waals surface area (Å²) in [7, 11) is 0. The fourth-order valence-electron chi connectivity index (χ4n) is 1.34. The number of benzene rings is 1. The monoisotopic (exact) mass is 212 g/mol. The average Bonchev–Trinajstić information content (AvgIpc) is 2.67. The van der Waals surface area contributed by atoms with Gasteiger partial charge in [-0.25, -0.2) is 0 Å². The van der Waals surface area contributed by atoms with Gasteiger partial charge in [0, 0.05) is 11.8 Å². The second-order valence-corrected chi connectivity index (χ2v) is 3.01. The van der Waals surface area contributed by atoms with Crippen molar-refractivity contribution in [3.63, 3.8) is 0 Å². The predicted molar refractivity (Wildman–Crippen MR) is 49.0 cm³/mol. The average molecular weight is 212 g/mol. The Bertz CT molecular complexity index is 445. The van der Waals surface area contributed by atoms with Crippen LogP contribution in [-0.4, -0.2) is 10.2 Å². The second-order valence-electron chi connectivity index (χ2n) is 3.01. The summed E-state index contributed by atoms with van der Waals surface area (Å²) < 4.78 is 37.5. The van der Waals surface area contributed by atoms with Crippen LogP contribution in [0.2, 0.25) is 0 Å². The molecule has 1 heterocycles. The molecule has 0 aliphatic carbocycles. The summed E-state index contributed by atoms with van der Waals surface area (Å²) in [6, 6.07) is 8.34. The Morgan fingerprint density at radius 2 is 1.73 bits per heavy atom. The maximum atomic E-state index is 12.5. The van der Waals surface area contributed by atoms with Crippen molar-refractivity contribution < 1.29 is 13.2 Å². The van der Waals surface area contributed by atoms with Crippen LogP contribution in [0.1, 0.15) is 5.69 Å². The molecule has 0 atom stereocenters. The number of aromatic amines is 1. The van der Waals surface area contributed by atoms with Crippen molar-refractivity contribution in [2.45, 2.75) is 6.18 Å². The molecule has 0 spiro atoms. The van der Waals surface area contributed by atoms with Gasteiger partial charge in [0.05, 0.1) is 0 Å². The van der Waals surface area contributed by atoms with E-state index in [-0.39, 0.29) is 5.56 Å². The third kappa shape index (κ3) is 1.86. The smallest absolute Gasteiger partial charge is 0.284 e. The largest absolute Gasteiger partial charge is 0.435 e. The van der Waals surface area contributed by atoms with Gasteiger partial charge in [0.25, 0.3) is 0 Å². The van der Waals surface area contributed by atoms with Gasteiger partial charge in [-0.2, -0.15) is 18.3 Å².